The van der Waals surface area contributed by atoms with E-state index in [0.29, 0.717) is 11.6 Å². The van der Waals surface area contributed by atoms with Gasteiger partial charge < -0.3 is 15.4 Å². The van der Waals surface area contributed by atoms with E-state index >= 15 is 0 Å². The number of rotatable bonds is 6. The van der Waals surface area contributed by atoms with Crippen LogP contribution in [0, 0.1) is 0 Å². The summed E-state index contributed by atoms with van der Waals surface area (Å²) in [5.74, 6) is 0. The van der Waals surface area contributed by atoms with E-state index < -0.39 is 0 Å². The van der Waals surface area contributed by atoms with Crippen molar-refractivity contribution in [3.8, 4) is 0 Å². The largest absolute Gasteiger partial charge is 0.378 e. The van der Waals surface area contributed by atoms with Crippen LogP contribution in [0.4, 0.5) is 0 Å². The van der Waals surface area contributed by atoms with Gasteiger partial charge in [0.2, 0.25) is 0 Å². The Morgan fingerprint density at radius 3 is 2.69 bits per heavy atom. The molecule has 1 aliphatic carbocycles. The molecule has 2 rings (SSSR count). The minimum absolute atomic E-state index is 0.453. The van der Waals surface area contributed by atoms with Crippen molar-refractivity contribution in [3.05, 3.63) is 0 Å². The Hall–Kier alpha value is -0.120. The van der Waals surface area contributed by atoms with Crippen LogP contribution in [0.1, 0.15) is 45.4 Å². The van der Waals surface area contributed by atoms with E-state index in [1.165, 1.54) is 32.1 Å². The molecule has 0 spiro atoms. The lowest BCUT2D eigenvalue weighted by Gasteiger charge is -2.39. The molecule has 3 heteroatoms. The van der Waals surface area contributed by atoms with Crippen LogP contribution in [0.2, 0.25) is 0 Å². The zero-order valence-electron chi connectivity index (χ0n) is 10.6. The van der Waals surface area contributed by atoms with Crippen molar-refractivity contribution in [3.63, 3.8) is 0 Å². The molecule has 16 heavy (non-hydrogen) atoms. The van der Waals surface area contributed by atoms with Gasteiger partial charge in [-0.2, -0.15) is 0 Å². The van der Waals surface area contributed by atoms with Gasteiger partial charge in [-0.25, -0.2) is 0 Å². The first-order chi connectivity index (χ1) is 7.79. The molecule has 0 aromatic carbocycles. The molecule has 0 atom stereocenters. The monoisotopic (exact) mass is 226 g/mol. The maximum Gasteiger partial charge on any atom is 0.0599 e. The summed E-state index contributed by atoms with van der Waals surface area (Å²) in [7, 11) is 0. The zero-order chi connectivity index (χ0) is 11.3. The second-order valence-corrected chi connectivity index (χ2v) is 5.51. The molecule has 0 bridgehead atoms. The molecule has 0 aromatic heterocycles. The Labute approximate surface area is 99.3 Å². The third-order valence-corrected chi connectivity index (χ3v) is 3.97. The van der Waals surface area contributed by atoms with Gasteiger partial charge in [-0.3, -0.25) is 0 Å². The third kappa shape index (κ3) is 3.72. The van der Waals surface area contributed by atoms with Crippen molar-refractivity contribution in [2.45, 2.75) is 57.1 Å². The molecular weight excluding hydrogens is 200 g/mol. The normalized spacial score (nSPS) is 25.3. The fraction of sp³-hybridized carbons (Fsp3) is 1.00. The summed E-state index contributed by atoms with van der Waals surface area (Å²) < 4.78 is 5.87. The second kappa shape index (κ2) is 5.99. The van der Waals surface area contributed by atoms with E-state index in [-0.39, 0.29) is 0 Å². The Morgan fingerprint density at radius 1 is 1.31 bits per heavy atom. The smallest absolute Gasteiger partial charge is 0.0599 e. The minimum atomic E-state index is 0.453. The van der Waals surface area contributed by atoms with Crippen LogP contribution in [0.3, 0.4) is 0 Å². The lowest BCUT2D eigenvalue weighted by Crippen LogP contribution is -2.48. The first-order valence-corrected chi connectivity index (χ1v) is 6.86. The van der Waals surface area contributed by atoms with E-state index in [1.807, 2.05) is 0 Å². The predicted molar refractivity (Wildman–Crippen MR) is 66.7 cm³/mol. The van der Waals surface area contributed by atoms with E-state index in [2.05, 4.69) is 17.6 Å². The summed E-state index contributed by atoms with van der Waals surface area (Å²) in [6.45, 7) is 6.63. The molecule has 3 nitrogen and oxygen atoms in total. The Morgan fingerprint density at radius 2 is 2.06 bits per heavy atom. The molecule has 0 amide bonds. The highest BCUT2D eigenvalue weighted by Crippen LogP contribution is 2.30. The van der Waals surface area contributed by atoms with Crippen molar-refractivity contribution in [2.75, 3.05) is 26.2 Å². The molecule has 1 heterocycles. The van der Waals surface area contributed by atoms with Gasteiger partial charge in [0.1, 0.15) is 0 Å². The van der Waals surface area contributed by atoms with E-state index in [4.69, 9.17) is 4.74 Å². The Balaban J connectivity index is 1.45. The summed E-state index contributed by atoms with van der Waals surface area (Å²) >= 11 is 0. The number of hydrogen-bond acceptors (Lipinski definition) is 3. The van der Waals surface area contributed by atoms with Crippen LogP contribution in [0.15, 0.2) is 0 Å². The highest BCUT2D eigenvalue weighted by Gasteiger charge is 2.30. The van der Waals surface area contributed by atoms with Gasteiger partial charge in [-0.15, -0.1) is 0 Å². The molecule has 2 fully saturated rings. The second-order valence-electron chi connectivity index (χ2n) is 5.51. The first-order valence-electron chi connectivity index (χ1n) is 6.86. The van der Waals surface area contributed by atoms with Crippen LogP contribution in [0.25, 0.3) is 0 Å². The summed E-state index contributed by atoms with van der Waals surface area (Å²) in [5.41, 5.74) is 0.453. The molecule has 2 N–H and O–H groups in total. The summed E-state index contributed by atoms with van der Waals surface area (Å²) in [6, 6.07) is 0. The Kier molecular flexibility index (Phi) is 4.62. The van der Waals surface area contributed by atoms with Crippen molar-refractivity contribution in [1.82, 2.24) is 10.6 Å². The molecule has 0 radical (unpaired) electrons. The minimum Gasteiger partial charge on any atom is -0.378 e. The van der Waals surface area contributed by atoms with Crippen LogP contribution in [0.5, 0.6) is 0 Å². The molecule has 0 unspecified atom stereocenters. The average molecular weight is 226 g/mol. The molecule has 94 valence electrons. The average Bonchev–Trinajstić information content (AvgIpc) is 2.28. The van der Waals surface area contributed by atoms with Gasteiger partial charge in [0, 0.05) is 12.1 Å². The topological polar surface area (TPSA) is 33.3 Å². The maximum atomic E-state index is 5.87. The van der Waals surface area contributed by atoms with Gasteiger partial charge in [0.25, 0.3) is 0 Å². The quantitative estimate of drug-likeness (QED) is 0.676. The van der Waals surface area contributed by atoms with Crippen LogP contribution >= 0.6 is 0 Å². The lowest BCUT2D eigenvalue weighted by molar-refractivity contribution is 0.0304. The van der Waals surface area contributed by atoms with Crippen molar-refractivity contribution >= 4 is 0 Å². The van der Waals surface area contributed by atoms with Crippen molar-refractivity contribution in [1.29, 1.82) is 0 Å². The number of piperidine rings is 1. The SMILES string of the molecule is CC1(NCCCOC2CCNCC2)CCC1. The van der Waals surface area contributed by atoms with Gasteiger partial charge in [-0.05, 0) is 65.1 Å². The van der Waals surface area contributed by atoms with Crippen molar-refractivity contribution in [2.24, 2.45) is 0 Å². The molecule has 0 aromatic rings. The summed E-state index contributed by atoms with van der Waals surface area (Å²) in [5, 5.41) is 7.00. The van der Waals surface area contributed by atoms with Gasteiger partial charge in [0.05, 0.1) is 6.10 Å². The molecule has 1 saturated carbocycles. The molecule has 1 aliphatic heterocycles. The summed E-state index contributed by atoms with van der Waals surface area (Å²) in [4.78, 5) is 0. The number of ether oxygens (including phenoxy) is 1. The summed E-state index contributed by atoms with van der Waals surface area (Å²) in [6.07, 6.45) is 8.13. The molecular formula is C13H26N2O. The number of hydrogen-bond donors (Lipinski definition) is 2. The fourth-order valence-electron chi connectivity index (χ4n) is 2.56. The number of nitrogens with one attached hydrogen (secondary N) is 2. The van der Waals surface area contributed by atoms with Crippen LogP contribution in [-0.2, 0) is 4.74 Å². The van der Waals surface area contributed by atoms with E-state index in [1.54, 1.807) is 0 Å². The predicted octanol–water partition coefficient (Wildman–Crippen LogP) is 1.68. The van der Waals surface area contributed by atoms with Gasteiger partial charge in [0.15, 0.2) is 0 Å². The molecule has 2 aliphatic rings. The first kappa shape index (κ1) is 12.3. The van der Waals surface area contributed by atoms with Crippen LogP contribution < -0.4 is 10.6 Å². The standard InChI is InChI=1S/C13H26N2O/c1-13(6-2-7-13)15-8-3-11-16-12-4-9-14-10-5-12/h12,14-15H,2-11H2,1H3. The molecule has 1 saturated heterocycles. The van der Waals surface area contributed by atoms with Crippen molar-refractivity contribution < 1.29 is 4.74 Å². The van der Waals surface area contributed by atoms with Gasteiger partial charge >= 0.3 is 0 Å². The zero-order valence-corrected chi connectivity index (χ0v) is 10.6. The van der Waals surface area contributed by atoms with E-state index in [9.17, 15) is 0 Å². The van der Waals surface area contributed by atoms with E-state index in [0.717, 1.165) is 32.7 Å². The van der Waals surface area contributed by atoms with Crippen LogP contribution in [-0.4, -0.2) is 37.9 Å². The highest BCUT2D eigenvalue weighted by atomic mass is 16.5. The Bertz CT molecular complexity index is 198. The third-order valence-electron chi connectivity index (χ3n) is 3.97. The maximum absolute atomic E-state index is 5.87. The van der Waals surface area contributed by atoms with Gasteiger partial charge in [-0.1, -0.05) is 0 Å². The lowest BCUT2D eigenvalue weighted by atomic mass is 9.78. The highest BCUT2D eigenvalue weighted by molar-refractivity contribution is 4.91. The fourth-order valence-corrected chi connectivity index (χ4v) is 2.56.